The summed E-state index contributed by atoms with van der Waals surface area (Å²) in [5.41, 5.74) is 0.725. The summed E-state index contributed by atoms with van der Waals surface area (Å²) in [5.74, 6) is -1.20. The lowest BCUT2D eigenvalue weighted by Gasteiger charge is -2.31. The van der Waals surface area contributed by atoms with Crippen LogP contribution in [0.15, 0.2) is 42.5 Å². The zero-order valence-corrected chi connectivity index (χ0v) is 16.9. The number of nitrogens with one attached hydrogen (secondary N) is 1. The summed E-state index contributed by atoms with van der Waals surface area (Å²) in [6.07, 6.45) is -1.16. The number of hydrogen-bond donors (Lipinski definition) is 3. The van der Waals surface area contributed by atoms with Gasteiger partial charge in [-0.3, -0.25) is 4.79 Å². The molecule has 7 nitrogen and oxygen atoms in total. The standard InChI is InChI=1S/C18H18Cl2N2O5S/c19-11-4-5-14(20)15(6-11)21-18(25)8-22(12-2-1-3-13(23)7-12)16-9-28(26,27)10-17(16)24/h1-7,16-17,23-24H,8-10H2,(H,21,25). The van der Waals surface area contributed by atoms with E-state index in [1.165, 1.54) is 23.1 Å². The fraction of sp³-hybridized carbons (Fsp3) is 0.278. The molecule has 150 valence electrons. The Morgan fingerprint density at radius 1 is 1.18 bits per heavy atom. The summed E-state index contributed by atoms with van der Waals surface area (Å²) in [6, 6.07) is 9.84. The number of phenolic OH excluding ortho intramolecular Hbond substituents is 1. The van der Waals surface area contributed by atoms with E-state index < -0.39 is 27.9 Å². The molecule has 1 saturated heterocycles. The van der Waals surface area contributed by atoms with Crippen LogP contribution in [-0.4, -0.2) is 54.7 Å². The Morgan fingerprint density at radius 3 is 2.57 bits per heavy atom. The quantitative estimate of drug-likeness (QED) is 0.652. The first-order valence-electron chi connectivity index (χ1n) is 8.34. The van der Waals surface area contributed by atoms with Gasteiger partial charge in [0.1, 0.15) is 5.75 Å². The molecule has 3 N–H and O–H groups in total. The molecule has 3 rings (SSSR count). The van der Waals surface area contributed by atoms with Crippen molar-refractivity contribution in [2.24, 2.45) is 0 Å². The van der Waals surface area contributed by atoms with Gasteiger partial charge in [-0.1, -0.05) is 29.3 Å². The van der Waals surface area contributed by atoms with Gasteiger partial charge in [-0.2, -0.15) is 0 Å². The Labute approximate surface area is 172 Å². The van der Waals surface area contributed by atoms with Crippen molar-refractivity contribution in [1.29, 1.82) is 0 Å². The Bertz CT molecular complexity index is 999. The van der Waals surface area contributed by atoms with Crippen LogP contribution in [0.5, 0.6) is 5.75 Å². The lowest BCUT2D eigenvalue weighted by molar-refractivity contribution is -0.115. The summed E-state index contributed by atoms with van der Waals surface area (Å²) in [4.78, 5) is 14.1. The maximum atomic E-state index is 12.6. The third-order valence-corrected chi connectivity index (χ3v) is 6.64. The van der Waals surface area contributed by atoms with E-state index in [1.54, 1.807) is 24.3 Å². The van der Waals surface area contributed by atoms with Crippen LogP contribution in [0, 0.1) is 0 Å². The van der Waals surface area contributed by atoms with E-state index in [1.807, 2.05) is 0 Å². The van der Waals surface area contributed by atoms with Gasteiger partial charge in [0, 0.05) is 16.8 Å². The number of anilines is 2. The number of rotatable bonds is 5. The Morgan fingerprint density at radius 2 is 1.93 bits per heavy atom. The molecule has 0 spiro atoms. The minimum atomic E-state index is -3.44. The van der Waals surface area contributed by atoms with Crippen molar-refractivity contribution >= 4 is 50.3 Å². The normalized spacial score (nSPS) is 20.7. The van der Waals surface area contributed by atoms with Gasteiger partial charge >= 0.3 is 0 Å². The molecule has 1 heterocycles. The molecule has 0 aromatic heterocycles. The number of sulfone groups is 1. The van der Waals surface area contributed by atoms with Gasteiger partial charge in [-0.25, -0.2) is 8.42 Å². The average Bonchev–Trinajstić information content (AvgIpc) is 2.88. The highest BCUT2D eigenvalue weighted by Crippen LogP contribution is 2.28. The summed E-state index contributed by atoms with van der Waals surface area (Å²) >= 11 is 12.0. The minimum absolute atomic E-state index is 0.0452. The number of benzene rings is 2. The van der Waals surface area contributed by atoms with Crippen LogP contribution in [0.2, 0.25) is 10.0 Å². The molecular weight excluding hydrogens is 427 g/mol. The van der Waals surface area contributed by atoms with E-state index in [9.17, 15) is 23.4 Å². The molecule has 2 aromatic carbocycles. The Kier molecular flexibility index (Phi) is 6.04. The van der Waals surface area contributed by atoms with Gasteiger partial charge < -0.3 is 20.4 Å². The van der Waals surface area contributed by atoms with Crippen LogP contribution in [0.25, 0.3) is 0 Å². The fourth-order valence-corrected chi connectivity index (χ4v) is 5.26. The van der Waals surface area contributed by atoms with Crippen molar-refractivity contribution in [3.05, 3.63) is 52.5 Å². The van der Waals surface area contributed by atoms with E-state index in [2.05, 4.69) is 5.32 Å². The molecular formula is C18H18Cl2N2O5S. The van der Waals surface area contributed by atoms with Crippen LogP contribution in [0.1, 0.15) is 0 Å². The molecule has 2 unspecified atom stereocenters. The molecule has 1 aliphatic rings. The number of aliphatic hydroxyl groups is 1. The van der Waals surface area contributed by atoms with E-state index in [0.717, 1.165) is 0 Å². The van der Waals surface area contributed by atoms with E-state index in [0.29, 0.717) is 21.4 Å². The summed E-state index contributed by atoms with van der Waals surface area (Å²) < 4.78 is 23.9. The van der Waals surface area contributed by atoms with Gasteiger partial charge in [-0.05, 0) is 30.3 Å². The summed E-state index contributed by atoms with van der Waals surface area (Å²) in [6.45, 7) is -0.260. The van der Waals surface area contributed by atoms with Gasteiger partial charge in [0.05, 0.1) is 40.9 Å². The predicted molar refractivity (Wildman–Crippen MR) is 109 cm³/mol. The van der Waals surface area contributed by atoms with Crippen molar-refractivity contribution in [3.63, 3.8) is 0 Å². The first kappa shape index (κ1) is 20.7. The molecule has 0 saturated carbocycles. The molecule has 1 fully saturated rings. The number of amides is 1. The maximum absolute atomic E-state index is 12.6. The molecule has 0 bridgehead atoms. The predicted octanol–water partition coefficient (Wildman–Crippen LogP) is 2.30. The number of halogens is 2. The summed E-state index contributed by atoms with van der Waals surface area (Å²) in [5, 5.41) is 23.3. The lowest BCUT2D eigenvalue weighted by Crippen LogP contribution is -2.47. The third kappa shape index (κ3) is 4.88. The molecule has 1 amide bonds. The fourth-order valence-electron chi connectivity index (χ4n) is 3.12. The smallest absolute Gasteiger partial charge is 0.243 e. The van der Waals surface area contributed by atoms with Crippen LogP contribution in [0.3, 0.4) is 0 Å². The van der Waals surface area contributed by atoms with Crippen LogP contribution in [-0.2, 0) is 14.6 Å². The van der Waals surface area contributed by atoms with E-state index >= 15 is 0 Å². The van der Waals surface area contributed by atoms with Crippen molar-refractivity contribution in [2.45, 2.75) is 12.1 Å². The highest BCUT2D eigenvalue weighted by atomic mass is 35.5. The SMILES string of the molecule is O=C(CN(c1cccc(O)c1)C1CS(=O)(=O)CC1O)Nc1cc(Cl)ccc1Cl. The van der Waals surface area contributed by atoms with E-state index in [-0.39, 0.29) is 23.8 Å². The number of hydrogen-bond acceptors (Lipinski definition) is 6. The van der Waals surface area contributed by atoms with Gasteiger partial charge in [0.15, 0.2) is 9.84 Å². The van der Waals surface area contributed by atoms with Gasteiger partial charge in [-0.15, -0.1) is 0 Å². The molecule has 0 aliphatic carbocycles. The second kappa shape index (κ2) is 8.16. The molecule has 10 heteroatoms. The van der Waals surface area contributed by atoms with Crippen molar-refractivity contribution < 1.29 is 23.4 Å². The number of phenols is 1. The number of carbonyl (C=O) groups excluding carboxylic acids is 1. The van der Waals surface area contributed by atoms with Gasteiger partial charge in [0.2, 0.25) is 5.91 Å². The molecule has 28 heavy (non-hydrogen) atoms. The zero-order valence-electron chi connectivity index (χ0n) is 14.5. The zero-order chi connectivity index (χ0) is 20.5. The van der Waals surface area contributed by atoms with Crippen LogP contribution < -0.4 is 10.2 Å². The highest BCUT2D eigenvalue weighted by molar-refractivity contribution is 7.91. The van der Waals surface area contributed by atoms with Crippen molar-refractivity contribution in [2.75, 3.05) is 28.3 Å². The number of carbonyl (C=O) groups is 1. The van der Waals surface area contributed by atoms with E-state index in [4.69, 9.17) is 23.2 Å². The molecule has 0 radical (unpaired) electrons. The van der Waals surface area contributed by atoms with Crippen molar-refractivity contribution in [1.82, 2.24) is 0 Å². The largest absolute Gasteiger partial charge is 0.508 e. The first-order valence-corrected chi connectivity index (χ1v) is 10.9. The highest BCUT2D eigenvalue weighted by Gasteiger charge is 2.40. The molecule has 2 atom stereocenters. The van der Waals surface area contributed by atoms with Crippen molar-refractivity contribution in [3.8, 4) is 5.75 Å². The van der Waals surface area contributed by atoms with Crippen LogP contribution >= 0.6 is 23.2 Å². The lowest BCUT2D eigenvalue weighted by atomic mass is 10.1. The molecule has 2 aromatic rings. The third-order valence-electron chi connectivity index (χ3n) is 4.37. The monoisotopic (exact) mass is 444 g/mol. The summed E-state index contributed by atoms with van der Waals surface area (Å²) in [7, 11) is -3.44. The van der Waals surface area contributed by atoms with Crippen LogP contribution in [0.4, 0.5) is 11.4 Å². The number of nitrogens with zero attached hydrogens (tertiary/aromatic N) is 1. The molecule has 1 aliphatic heterocycles. The number of aromatic hydroxyl groups is 1. The Balaban J connectivity index is 1.87. The average molecular weight is 445 g/mol. The number of aliphatic hydroxyl groups excluding tert-OH is 1. The maximum Gasteiger partial charge on any atom is 0.243 e. The second-order valence-electron chi connectivity index (χ2n) is 6.53. The Hall–Kier alpha value is -2.00. The second-order valence-corrected chi connectivity index (χ2v) is 9.53. The van der Waals surface area contributed by atoms with Gasteiger partial charge in [0.25, 0.3) is 0 Å². The first-order chi connectivity index (χ1) is 13.1. The minimum Gasteiger partial charge on any atom is -0.508 e. The topological polar surface area (TPSA) is 107 Å².